The predicted molar refractivity (Wildman–Crippen MR) is 83.2 cm³/mol. The molecule has 1 fully saturated rings. The first-order chi connectivity index (χ1) is 10.1. The summed E-state index contributed by atoms with van der Waals surface area (Å²) in [5.41, 5.74) is 3.04. The van der Waals surface area contributed by atoms with Gasteiger partial charge < -0.3 is 15.5 Å². The number of nitrogens with zero attached hydrogens (tertiary/aromatic N) is 1. The monoisotopic (exact) mass is 289 g/mol. The molecule has 0 spiro atoms. The summed E-state index contributed by atoms with van der Waals surface area (Å²) in [5.74, 6) is -0.0419. The topological polar surface area (TPSA) is 61.4 Å². The second kappa shape index (κ2) is 7.22. The number of rotatable bonds is 4. The molecule has 5 nitrogen and oxygen atoms in total. The molecule has 0 bridgehead atoms. The van der Waals surface area contributed by atoms with Gasteiger partial charge in [-0.1, -0.05) is 12.1 Å². The van der Waals surface area contributed by atoms with Gasteiger partial charge in [-0.05, 0) is 31.0 Å². The Kier molecular flexibility index (Phi) is 5.33. The van der Waals surface area contributed by atoms with E-state index >= 15 is 0 Å². The third-order valence-electron chi connectivity index (χ3n) is 3.91. The van der Waals surface area contributed by atoms with E-state index in [2.05, 4.69) is 10.6 Å². The summed E-state index contributed by atoms with van der Waals surface area (Å²) >= 11 is 0. The Morgan fingerprint density at radius 2 is 1.90 bits per heavy atom. The van der Waals surface area contributed by atoms with Crippen LogP contribution in [0.2, 0.25) is 0 Å². The summed E-state index contributed by atoms with van der Waals surface area (Å²) in [6.45, 7) is 7.13. The van der Waals surface area contributed by atoms with Gasteiger partial charge in [-0.2, -0.15) is 0 Å². The molecule has 2 N–H and O–H groups in total. The van der Waals surface area contributed by atoms with Crippen molar-refractivity contribution in [3.8, 4) is 0 Å². The Bertz CT molecular complexity index is 522. The number of benzene rings is 1. The highest BCUT2D eigenvalue weighted by atomic mass is 16.2. The number of hydrogen-bond acceptors (Lipinski definition) is 3. The van der Waals surface area contributed by atoms with Gasteiger partial charge in [-0.25, -0.2) is 0 Å². The van der Waals surface area contributed by atoms with E-state index in [4.69, 9.17) is 0 Å². The van der Waals surface area contributed by atoms with E-state index in [-0.39, 0.29) is 24.7 Å². The summed E-state index contributed by atoms with van der Waals surface area (Å²) in [4.78, 5) is 25.8. The molecule has 114 valence electrons. The van der Waals surface area contributed by atoms with Gasteiger partial charge >= 0.3 is 0 Å². The van der Waals surface area contributed by atoms with Gasteiger partial charge in [-0.3, -0.25) is 9.59 Å². The molecular weight excluding hydrogens is 266 g/mol. The summed E-state index contributed by atoms with van der Waals surface area (Å²) in [7, 11) is 0. The van der Waals surface area contributed by atoms with Crippen LogP contribution in [0.4, 0.5) is 5.69 Å². The third kappa shape index (κ3) is 4.29. The minimum Gasteiger partial charge on any atom is -0.340 e. The van der Waals surface area contributed by atoms with Crippen molar-refractivity contribution in [1.82, 2.24) is 10.2 Å². The van der Waals surface area contributed by atoms with E-state index in [1.807, 2.05) is 36.9 Å². The first-order valence-electron chi connectivity index (χ1n) is 7.42. The lowest BCUT2D eigenvalue weighted by molar-refractivity contribution is -0.133. The molecule has 0 aliphatic carbocycles. The Hall–Kier alpha value is -1.88. The predicted octanol–water partition coefficient (Wildman–Crippen LogP) is 1.45. The van der Waals surface area contributed by atoms with Crippen molar-refractivity contribution in [2.75, 3.05) is 31.5 Å². The first kappa shape index (κ1) is 15.5. The van der Waals surface area contributed by atoms with Crippen LogP contribution in [0.15, 0.2) is 18.2 Å². The number of carbonyl (C=O) groups is 2. The van der Waals surface area contributed by atoms with Gasteiger partial charge in [-0.15, -0.1) is 0 Å². The van der Waals surface area contributed by atoms with Gasteiger partial charge in [0.2, 0.25) is 11.8 Å². The van der Waals surface area contributed by atoms with Crippen molar-refractivity contribution in [3.05, 3.63) is 29.3 Å². The highest BCUT2D eigenvalue weighted by Gasteiger charge is 2.17. The molecule has 1 aromatic carbocycles. The van der Waals surface area contributed by atoms with Gasteiger partial charge in [0.1, 0.15) is 0 Å². The summed E-state index contributed by atoms with van der Waals surface area (Å²) in [6.07, 6.45) is 0.507. The van der Waals surface area contributed by atoms with Crippen LogP contribution in [0.25, 0.3) is 0 Å². The third-order valence-corrected chi connectivity index (χ3v) is 3.91. The van der Waals surface area contributed by atoms with Crippen molar-refractivity contribution < 1.29 is 9.59 Å². The van der Waals surface area contributed by atoms with Crippen LogP contribution in [0, 0.1) is 13.8 Å². The first-order valence-corrected chi connectivity index (χ1v) is 7.42. The van der Waals surface area contributed by atoms with Gasteiger partial charge in [0, 0.05) is 44.7 Å². The molecule has 0 unspecified atom stereocenters. The number of piperazine rings is 1. The fraction of sp³-hybridized carbons (Fsp3) is 0.500. The summed E-state index contributed by atoms with van der Waals surface area (Å²) < 4.78 is 0. The molecule has 1 saturated heterocycles. The summed E-state index contributed by atoms with van der Waals surface area (Å²) in [6, 6.07) is 5.82. The minimum absolute atomic E-state index is 0.0626. The maximum Gasteiger partial charge on any atom is 0.224 e. The van der Waals surface area contributed by atoms with Crippen molar-refractivity contribution in [3.63, 3.8) is 0 Å². The highest BCUT2D eigenvalue weighted by Crippen LogP contribution is 2.18. The normalized spacial score (nSPS) is 14.9. The van der Waals surface area contributed by atoms with Crippen LogP contribution in [-0.2, 0) is 9.59 Å². The van der Waals surface area contributed by atoms with E-state index in [0.717, 1.165) is 43.0 Å². The molecule has 2 amide bonds. The quantitative estimate of drug-likeness (QED) is 0.882. The molecule has 0 radical (unpaired) electrons. The van der Waals surface area contributed by atoms with Crippen LogP contribution in [0.1, 0.15) is 24.0 Å². The van der Waals surface area contributed by atoms with Gasteiger partial charge in [0.25, 0.3) is 0 Å². The molecule has 0 saturated carbocycles. The number of aryl methyl sites for hydroxylation is 1. The molecule has 1 aromatic rings. The number of hydrogen-bond donors (Lipinski definition) is 2. The maximum atomic E-state index is 12.0. The van der Waals surface area contributed by atoms with Crippen molar-refractivity contribution in [2.45, 2.75) is 26.7 Å². The standard InChI is InChI=1S/C16H23N3O2/c1-12-4-3-5-14(13(12)2)18-15(20)6-7-16(21)19-10-8-17-9-11-19/h3-5,17H,6-11H2,1-2H3,(H,18,20). The van der Waals surface area contributed by atoms with E-state index < -0.39 is 0 Å². The fourth-order valence-corrected chi connectivity index (χ4v) is 2.39. The number of nitrogens with one attached hydrogen (secondary N) is 2. The number of anilines is 1. The Morgan fingerprint density at radius 3 is 2.62 bits per heavy atom. The van der Waals surface area contributed by atoms with E-state index in [9.17, 15) is 9.59 Å². The number of amides is 2. The average molecular weight is 289 g/mol. The zero-order valence-electron chi connectivity index (χ0n) is 12.7. The lowest BCUT2D eigenvalue weighted by atomic mass is 10.1. The van der Waals surface area contributed by atoms with Crippen molar-refractivity contribution in [2.24, 2.45) is 0 Å². The highest BCUT2D eigenvalue weighted by molar-refractivity contribution is 5.94. The van der Waals surface area contributed by atoms with E-state index in [1.54, 1.807) is 0 Å². The van der Waals surface area contributed by atoms with Crippen molar-refractivity contribution >= 4 is 17.5 Å². The number of carbonyl (C=O) groups excluding carboxylic acids is 2. The Morgan fingerprint density at radius 1 is 1.19 bits per heavy atom. The Labute approximate surface area is 125 Å². The molecule has 21 heavy (non-hydrogen) atoms. The molecule has 0 atom stereocenters. The lowest BCUT2D eigenvalue weighted by Gasteiger charge is -2.27. The van der Waals surface area contributed by atoms with Crippen LogP contribution >= 0.6 is 0 Å². The van der Waals surface area contributed by atoms with Gasteiger partial charge in [0.15, 0.2) is 0 Å². The smallest absolute Gasteiger partial charge is 0.224 e. The molecule has 1 heterocycles. The largest absolute Gasteiger partial charge is 0.340 e. The summed E-state index contributed by atoms with van der Waals surface area (Å²) in [5, 5.41) is 6.09. The molecule has 0 aromatic heterocycles. The van der Waals surface area contributed by atoms with Crippen LogP contribution in [0.3, 0.4) is 0 Å². The Balaban J connectivity index is 1.81. The van der Waals surface area contributed by atoms with Crippen LogP contribution < -0.4 is 10.6 Å². The van der Waals surface area contributed by atoms with E-state index in [1.165, 1.54) is 0 Å². The minimum atomic E-state index is -0.104. The fourth-order valence-electron chi connectivity index (χ4n) is 2.39. The van der Waals surface area contributed by atoms with Crippen LogP contribution in [-0.4, -0.2) is 42.9 Å². The van der Waals surface area contributed by atoms with Gasteiger partial charge in [0.05, 0.1) is 0 Å². The SMILES string of the molecule is Cc1cccc(NC(=O)CCC(=O)N2CCNCC2)c1C. The molecule has 5 heteroatoms. The average Bonchev–Trinajstić information content (AvgIpc) is 2.50. The molecular formula is C16H23N3O2. The zero-order valence-corrected chi connectivity index (χ0v) is 12.7. The second-order valence-corrected chi connectivity index (χ2v) is 5.43. The van der Waals surface area contributed by atoms with Crippen LogP contribution in [0.5, 0.6) is 0 Å². The second-order valence-electron chi connectivity index (χ2n) is 5.43. The molecule has 1 aliphatic rings. The lowest BCUT2D eigenvalue weighted by Crippen LogP contribution is -2.46. The van der Waals surface area contributed by atoms with E-state index in [0.29, 0.717) is 0 Å². The molecule has 1 aliphatic heterocycles. The zero-order chi connectivity index (χ0) is 15.2. The van der Waals surface area contributed by atoms with Crippen molar-refractivity contribution in [1.29, 1.82) is 0 Å². The maximum absolute atomic E-state index is 12.0. The molecule has 2 rings (SSSR count).